The van der Waals surface area contributed by atoms with E-state index in [1.165, 1.54) is 0 Å². The largest absolute Gasteiger partial charge is 0.497 e. The van der Waals surface area contributed by atoms with Crippen molar-refractivity contribution in [2.45, 2.75) is 24.8 Å². The van der Waals surface area contributed by atoms with Gasteiger partial charge in [0.1, 0.15) is 5.75 Å². The molecule has 5 atom stereocenters. The molecule has 4 rings (SSSR count). The number of ether oxygens (including phenoxy) is 1. The number of aromatic nitrogens is 1. The van der Waals surface area contributed by atoms with E-state index in [2.05, 4.69) is 23.3 Å². The Hall–Kier alpha value is -2.04. The quantitative estimate of drug-likeness (QED) is 0.763. The number of amides is 1. The number of halogens is 2. The van der Waals surface area contributed by atoms with E-state index in [1.807, 2.05) is 36.4 Å². The fourth-order valence-corrected chi connectivity index (χ4v) is 4.83. The summed E-state index contributed by atoms with van der Waals surface area (Å²) in [5, 5.41) is 4.31. The highest BCUT2D eigenvalue weighted by atomic mass is 35.5. The topological polar surface area (TPSA) is 51.2 Å². The van der Waals surface area contributed by atoms with Gasteiger partial charge in [-0.25, -0.2) is 0 Å². The normalized spacial score (nSPS) is 29.3. The summed E-state index contributed by atoms with van der Waals surface area (Å²) in [4.78, 5) is 17.0. The highest BCUT2D eigenvalue weighted by molar-refractivity contribution is 6.31. The predicted octanol–water partition coefficient (Wildman–Crippen LogP) is 4.58. The lowest BCUT2D eigenvalue weighted by Crippen LogP contribution is -2.33. The van der Waals surface area contributed by atoms with Crippen LogP contribution in [0.2, 0.25) is 10.0 Å². The average molecular weight is 403 g/mol. The van der Waals surface area contributed by atoms with E-state index in [4.69, 9.17) is 27.9 Å². The number of hydrogen-bond acceptors (Lipinski definition) is 3. The molecule has 1 aliphatic carbocycles. The fourth-order valence-electron chi connectivity index (χ4n) is 4.42. The first-order valence-corrected chi connectivity index (χ1v) is 9.68. The van der Waals surface area contributed by atoms with Crippen LogP contribution in [0.15, 0.2) is 48.7 Å². The molecule has 1 fully saturated rings. The van der Waals surface area contributed by atoms with E-state index in [0.29, 0.717) is 15.8 Å². The summed E-state index contributed by atoms with van der Waals surface area (Å²) in [6.07, 6.45) is 5.76. The summed E-state index contributed by atoms with van der Waals surface area (Å²) >= 11 is 12.6. The number of rotatable bonds is 3. The summed E-state index contributed by atoms with van der Waals surface area (Å²) in [6, 6.07) is 9.57. The molecule has 0 radical (unpaired) electrons. The number of fused-ring (bicyclic) bond motifs is 1. The van der Waals surface area contributed by atoms with Crippen molar-refractivity contribution in [2.75, 3.05) is 7.11 Å². The Morgan fingerprint density at radius 1 is 1.11 bits per heavy atom. The standard InChI is InChI=1S/C21H20Cl2N2O2/c1-11-19-16(21(26)25-11)7-6-15(14-5-4-13(27-2)9-17(14)23)20(19)18-8-3-12(22)10-24-18/h3-11,15-16,19-20H,1-2H3,(H,25,26)/t11-,15+,16+,19-,20?/m1/s1. The number of carbonyl (C=O) groups excluding carboxylic acids is 1. The van der Waals surface area contributed by atoms with Gasteiger partial charge in [-0.2, -0.15) is 0 Å². The molecule has 4 nitrogen and oxygen atoms in total. The van der Waals surface area contributed by atoms with E-state index in [-0.39, 0.29) is 35.6 Å². The Labute approximate surface area is 168 Å². The van der Waals surface area contributed by atoms with Gasteiger partial charge in [0.25, 0.3) is 0 Å². The summed E-state index contributed by atoms with van der Waals surface area (Å²) in [6.45, 7) is 2.05. The Morgan fingerprint density at radius 3 is 2.56 bits per heavy atom. The second-order valence-electron chi connectivity index (χ2n) is 7.13. The number of hydrogen-bond donors (Lipinski definition) is 1. The summed E-state index contributed by atoms with van der Waals surface area (Å²) in [7, 11) is 1.62. The van der Waals surface area contributed by atoms with Gasteiger partial charge in [0.2, 0.25) is 5.91 Å². The highest BCUT2D eigenvalue weighted by Crippen LogP contribution is 2.50. The second kappa shape index (κ2) is 7.17. The zero-order chi connectivity index (χ0) is 19.1. The Bertz CT molecular complexity index is 898. The zero-order valence-electron chi connectivity index (χ0n) is 15.0. The van der Waals surface area contributed by atoms with Gasteiger partial charge in [0, 0.05) is 40.7 Å². The lowest BCUT2D eigenvalue weighted by molar-refractivity contribution is -0.121. The first-order valence-electron chi connectivity index (χ1n) is 8.93. The minimum Gasteiger partial charge on any atom is -0.497 e. The van der Waals surface area contributed by atoms with Crippen LogP contribution in [-0.2, 0) is 4.79 Å². The van der Waals surface area contributed by atoms with Crippen LogP contribution in [0.3, 0.4) is 0 Å². The number of methoxy groups -OCH3 is 1. The number of benzene rings is 1. The smallest absolute Gasteiger partial charge is 0.227 e. The average Bonchev–Trinajstić information content (AvgIpc) is 2.96. The number of nitrogens with one attached hydrogen (secondary N) is 1. The predicted molar refractivity (Wildman–Crippen MR) is 106 cm³/mol. The third-order valence-electron chi connectivity index (χ3n) is 5.65. The maximum absolute atomic E-state index is 12.4. The molecule has 1 aromatic carbocycles. The van der Waals surface area contributed by atoms with Crippen LogP contribution in [0.5, 0.6) is 5.75 Å². The van der Waals surface area contributed by atoms with Gasteiger partial charge in [-0.1, -0.05) is 41.4 Å². The zero-order valence-corrected chi connectivity index (χ0v) is 16.5. The fraction of sp³-hybridized carbons (Fsp3) is 0.333. The molecule has 2 aliphatic rings. The van der Waals surface area contributed by atoms with Crippen molar-refractivity contribution >= 4 is 29.1 Å². The molecule has 140 valence electrons. The van der Waals surface area contributed by atoms with Gasteiger partial charge in [-0.15, -0.1) is 0 Å². The van der Waals surface area contributed by atoms with Crippen LogP contribution in [0.1, 0.15) is 30.0 Å². The van der Waals surface area contributed by atoms with Crippen molar-refractivity contribution in [3.63, 3.8) is 0 Å². The molecule has 0 spiro atoms. The molecule has 1 saturated heterocycles. The van der Waals surface area contributed by atoms with Crippen LogP contribution >= 0.6 is 23.2 Å². The molecule has 0 bridgehead atoms. The highest BCUT2D eigenvalue weighted by Gasteiger charge is 2.49. The number of pyridine rings is 1. The molecule has 27 heavy (non-hydrogen) atoms. The van der Waals surface area contributed by atoms with Gasteiger partial charge in [-0.3, -0.25) is 9.78 Å². The lowest BCUT2D eigenvalue weighted by atomic mass is 9.66. The van der Waals surface area contributed by atoms with Crippen molar-refractivity contribution < 1.29 is 9.53 Å². The molecule has 0 saturated carbocycles. The Balaban J connectivity index is 1.83. The van der Waals surface area contributed by atoms with Crippen LogP contribution in [0.25, 0.3) is 0 Å². The maximum atomic E-state index is 12.4. The van der Waals surface area contributed by atoms with E-state index in [9.17, 15) is 4.79 Å². The van der Waals surface area contributed by atoms with Crippen molar-refractivity contribution in [1.82, 2.24) is 10.3 Å². The summed E-state index contributed by atoms with van der Waals surface area (Å²) in [5.41, 5.74) is 1.92. The third-order valence-corrected chi connectivity index (χ3v) is 6.20. The molecular weight excluding hydrogens is 383 g/mol. The molecule has 2 aromatic rings. The Morgan fingerprint density at radius 2 is 1.89 bits per heavy atom. The molecule has 1 amide bonds. The number of allylic oxidation sites excluding steroid dienone is 1. The lowest BCUT2D eigenvalue weighted by Gasteiger charge is -2.37. The van der Waals surface area contributed by atoms with Crippen LogP contribution in [0.4, 0.5) is 0 Å². The van der Waals surface area contributed by atoms with Gasteiger partial charge in [-0.05, 0) is 36.8 Å². The molecular formula is C21H20Cl2N2O2. The minimum atomic E-state index is -0.157. The minimum absolute atomic E-state index is 0.00785. The third kappa shape index (κ3) is 3.21. The van der Waals surface area contributed by atoms with Gasteiger partial charge < -0.3 is 10.1 Å². The molecule has 1 aromatic heterocycles. The van der Waals surface area contributed by atoms with Gasteiger partial charge in [0.05, 0.1) is 18.1 Å². The van der Waals surface area contributed by atoms with E-state index >= 15 is 0 Å². The van der Waals surface area contributed by atoms with E-state index in [1.54, 1.807) is 13.3 Å². The SMILES string of the molecule is COc1ccc([C@@H]2C=C[C@@H]3C(=O)N[C@H](C)[C@H]3C2c2ccc(Cl)cn2)c(Cl)c1. The van der Waals surface area contributed by atoms with Crippen molar-refractivity contribution in [3.8, 4) is 5.75 Å². The van der Waals surface area contributed by atoms with Crippen LogP contribution in [-0.4, -0.2) is 24.0 Å². The van der Waals surface area contributed by atoms with Crippen molar-refractivity contribution in [2.24, 2.45) is 11.8 Å². The van der Waals surface area contributed by atoms with Crippen molar-refractivity contribution in [1.29, 1.82) is 0 Å². The molecule has 1 aliphatic heterocycles. The summed E-state index contributed by atoms with van der Waals surface area (Å²) < 4.78 is 5.28. The maximum Gasteiger partial charge on any atom is 0.227 e. The van der Waals surface area contributed by atoms with Crippen molar-refractivity contribution in [3.05, 3.63) is 70.0 Å². The Kier molecular flexibility index (Phi) is 4.87. The molecule has 1 unspecified atom stereocenters. The van der Waals surface area contributed by atoms with E-state index < -0.39 is 0 Å². The molecule has 2 heterocycles. The van der Waals surface area contributed by atoms with E-state index in [0.717, 1.165) is 11.3 Å². The van der Waals surface area contributed by atoms with Crippen LogP contribution < -0.4 is 10.1 Å². The first-order chi connectivity index (χ1) is 13.0. The second-order valence-corrected chi connectivity index (χ2v) is 7.97. The van der Waals surface area contributed by atoms with Gasteiger partial charge >= 0.3 is 0 Å². The molecule has 6 heteroatoms. The monoisotopic (exact) mass is 402 g/mol. The van der Waals surface area contributed by atoms with Gasteiger partial charge in [0.15, 0.2) is 0 Å². The first kappa shape index (κ1) is 18.3. The number of carbonyl (C=O) groups is 1. The summed E-state index contributed by atoms with van der Waals surface area (Å²) in [5.74, 6) is 0.747. The number of nitrogens with zero attached hydrogens (tertiary/aromatic N) is 1. The molecule has 1 N–H and O–H groups in total. The van der Waals surface area contributed by atoms with Crippen LogP contribution in [0, 0.1) is 11.8 Å².